The number of carbonyl (C=O) groups excluding carboxylic acids is 2. The molecule has 0 spiro atoms. The molecule has 0 saturated heterocycles. The summed E-state index contributed by atoms with van der Waals surface area (Å²) in [6.07, 6.45) is 16.7. The van der Waals surface area contributed by atoms with E-state index in [4.69, 9.17) is 18.0 Å². The van der Waals surface area contributed by atoms with Gasteiger partial charge in [0.05, 0.1) is 17.0 Å². The Balaban J connectivity index is 2.48. The Morgan fingerprint density at radius 3 is 2.89 bits per heavy atom. The van der Waals surface area contributed by atoms with Crippen LogP contribution in [0.15, 0.2) is 41.5 Å². The Morgan fingerprint density at radius 1 is 1.44 bits per heavy atom. The molecule has 0 amide bonds. The van der Waals surface area contributed by atoms with Gasteiger partial charge in [-0.15, -0.1) is 18.0 Å². The van der Waals surface area contributed by atoms with Crippen molar-refractivity contribution in [2.45, 2.75) is 11.8 Å². The molecule has 88 valence electrons. The highest BCUT2D eigenvalue weighted by molar-refractivity contribution is 6.25. The lowest BCUT2D eigenvalue weighted by Gasteiger charge is -2.16. The summed E-state index contributed by atoms with van der Waals surface area (Å²) in [5, 5.41) is -0.566. The van der Waals surface area contributed by atoms with Gasteiger partial charge in [0.15, 0.2) is 5.92 Å². The Morgan fingerprint density at radius 2 is 2.17 bits per heavy atom. The number of ketones is 2. The minimum atomic E-state index is -0.764. The topological polar surface area (TPSA) is 34.1 Å². The second-order valence-electron chi connectivity index (χ2n) is 4.06. The molecule has 2 nitrogen and oxygen atoms in total. The second kappa shape index (κ2) is 5.14. The number of Topliss-reactive ketones (excluding diaryl/α,β-unsaturated/α-hetero) is 1. The third-order valence-electron chi connectivity index (χ3n) is 2.90. The zero-order valence-corrected chi connectivity index (χ0v) is 10.3. The van der Waals surface area contributed by atoms with Crippen LogP contribution in [-0.2, 0) is 9.59 Å². The zero-order chi connectivity index (χ0) is 13.1. The van der Waals surface area contributed by atoms with Crippen LogP contribution in [0.1, 0.15) is 6.42 Å². The van der Waals surface area contributed by atoms with Crippen molar-refractivity contribution in [1.29, 1.82) is 0 Å². The molecule has 0 N–H and O–H groups in total. The molecular weight excluding hydrogens is 248 g/mol. The van der Waals surface area contributed by atoms with Gasteiger partial charge in [-0.25, -0.2) is 0 Å². The van der Waals surface area contributed by atoms with Crippen LogP contribution in [0.3, 0.4) is 0 Å². The molecule has 0 saturated carbocycles. The van der Waals surface area contributed by atoms with Crippen LogP contribution >= 0.6 is 11.6 Å². The molecule has 0 aromatic carbocycles. The van der Waals surface area contributed by atoms with Gasteiger partial charge in [-0.3, -0.25) is 4.79 Å². The largest absolute Gasteiger partial charge is 0.330 e. The first-order valence-electron chi connectivity index (χ1n) is 5.48. The molecule has 2 aliphatic carbocycles. The molecule has 0 radical (unpaired) electrons. The fourth-order valence-corrected chi connectivity index (χ4v) is 2.24. The Hall–Kier alpha value is -1.94. The molecule has 0 aromatic rings. The Bertz CT molecular complexity index is 556. The van der Waals surface area contributed by atoms with Gasteiger partial charge < -0.3 is 0 Å². The van der Waals surface area contributed by atoms with Crippen LogP contribution < -0.4 is 0 Å². The first-order valence-corrected chi connectivity index (χ1v) is 5.91. The fraction of sp³-hybridized carbons (Fsp3) is 0.200. The number of rotatable bonds is 1. The number of terminal acetylenes is 1. The average molecular weight is 258 g/mol. The average Bonchev–Trinajstić information content (AvgIpc) is 2.63. The maximum absolute atomic E-state index is 11.8. The molecule has 2 rings (SSSR count). The van der Waals surface area contributed by atoms with Crippen molar-refractivity contribution >= 4 is 23.2 Å². The molecule has 2 bridgehead atoms. The van der Waals surface area contributed by atoms with E-state index >= 15 is 0 Å². The highest BCUT2D eigenvalue weighted by atomic mass is 35.5. The third-order valence-corrected chi connectivity index (χ3v) is 3.43. The van der Waals surface area contributed by atoms with Crippen molar-refractivity contribution in [2.75, 3.05) is 0 Å². The number of halogens is 1. The molecule has 0 heterocycles. The predicted molar refractivity (Wildman–Crippen MR) is 69.7 cm³/mol. The molecule has 0 fully saturated rings. The highest BCUT2D eigenvalue weighted by Gasteiger charge is 2.36. The summed E-state index contributed by atoms with van der Waals surface area (Å²) in [6.45, 7) is 0. The van der Waals surface area contributed by atoms with E-state index in [2.05, 4.69) is 6.08 Å². The van der Waals surface area contributed by atoms with Crippen molar-refractivity contribution in [3.63, 3.8) is 0 Å². The summed E-state index contributed by atoms with van der Waals surface area (Å²) >= 11 is 6.28. The van der Waals surface area contributed by atoms with Crippen molar-refractivity contribution in [2.24, 2.45) is 5.92 Å². The number of alkyl halides is 1. The van der Waals surface area contributed by atoms with E-state index in [1.54, 1.807) is 18.2 Å². The molecule has 18 heavy (non-hydrogen) atoms. The lowest BCUT2D eigenvalue weighted by Crippen LogP contribution is -2.26. The minimum Gasteiger partial charge on any atom is -0.281 e. The second-order valence-corrected chi connectivity index (χ2v) is 4.53. The van der Waals surface area contributed by atoms with Crippen LogP contribution in [0.4, 0.5) is 0 Å². The van der Waals surface area contributed by atoms with Crippen LogP contribution in [-0.4, -0.2) is 16.9 Å². The van der Waals surface area contributed by atoms with Crippen LogP contribution in [0.2, 0.25) is 0 Å². The van der Waals surface area contributed by atoms with Gasteiger partial charge in [0.2, 0.25) is 11.9 Å². The van der Waals surface area contributed by atoms with E-state index in [1.165, 1.54) is 6.08 Å². The minimum absolute atomic E-state index is 0.161. The summed E-state index contributed by atoms with van der Waals surface area (Å²) in [7, 11) is 0. The third kappa shape index (κ3) is 2.33. The lowest BCUT2D eigenvalue weighted by atomic mass is 9.87. The van der Waals surface area contributed by atoms with Gasteiger partial charge in [-0.1, -0.05) is 18.2 Å². The van der Waals surface area contributed by atoms with Crippen LogP contribution in [0.25, 0.3) is 0 Å². The quantitative estimate of drug-likeness (QED) is 0.312. The van der Waals surface area contributed by atoms with Gasteiger partial charge in [0, 0.05) is 6.42 Å². The van der Waals surface area contributed by atoms with E-state index in [0.29, 0.717) is 12.0 Å². The predicted octanol–water partition coefficient (Wildman–Crippen LogP) is 2.17. The molecule has 0 aliphatic heterocycles. The standard InChI is InChI=1S/C15H10ClO2/c1-2-13(17)12-7-8-14(18)10-5-3-4-6-11(9-10)15(12)16/h1,3-6,8,12,15H,9H2/q+1. The first-order chi connectivity index (χ1) is 8.63. The van der Waals surface area contributed by atoms with Crippen molar-refractivity contribution in [3.05, 3.63) is 47.6 Å². The van der Waals surface area contributed by atoms with Gasteiger partial charge in [0.1, 0.15) is 0 Å². The van der Waals surface area contributed by atoms with Gasteiger partial charge in [0.25, 0.3) is 0 Å². The molecule has 3 heteroatoms. The van der Waals surface area contributed by atoms with Crippen molar-refractivity contribution < 1.29 is 9.59 Å². The first kappa shape index (κ1) is 12.5. The summed E-state index contributed by atoms with van der Waals surface area (Å²) in [5.41, 5.74) is 1.44. The summed E-state index contributed by atoms with van der Waals surface area (Å²) in [4.78, 5) is 23.5. The van der Waals surface area contributed by atoms with Crippen LogP contribution in [0.5, 0.6) is 0 Å². The number of allylic oxidation sites excluding steroid dienone is 8. The molecule has 2 atom stereocenters. The molecule has 0 aromatic heterocycles. The zero-order valence-electron chi connectivity index (χ0n) is 9.52. The van der Waals surface area contributed by atoms with E-state index in [1.807, 2.05) is 12.0 Å². The fourth-order valence-electron chi connectivity index (χ4n) is 1.90. The molecule has 2 aliphatic rings. The van der Waals surface area contributed by atoms with E-state index in [-0.39, 0.29) is 5.78 Å². The normalized spacial score (nSPS) is 25.9. The maximum atomic E-state index is 11.8. The Kier molecular flexibility index (Phi) is 3.58. The van der Waals surface area contributed by atoms with E-state index in [0.717, 1.165) is 5.57 Å². The number of carbonyl (C=O) groups is 2. The van der Waals surface area contributed by atoms with Crippen molar-refractivity contribution in [1.82, 2.24) is 0 Å². The van der Waals surface area contributed by atoms with E-state index < -0.39 is 17.1 Å². The number of hydrogen-bond acceptors (Lipinski definition) is 2. The summed E-state index contributed by atoms with van der Waals surface area (Å²) in [6, 6.07) is 0. The Labute approximate surface area is 111 Å². The van der Waals surface area contributed by atoms with Gasteiger partial charge in [-0.05, 0) is 17.6 Å². The smallest absolute Gasteiger partial charge is 0.281 e. The monoisotopic (exact) mass is 257 g/mol. The van der Waals surface area contributed by atoms with Crippen LogP contribution in [0, 0.1) is 24.3 Å². The van der Waals surface area contributed by atoms with E-state index in [9.17, 15) is 9.59 Å². The highest BCUT2D eigenvalue weighted by Crippen LogP contribution is 2.30. The van der Waals surface area contributed by atoms with Crippen molar-refractivity contribution in [3.8, 4) is 12.3 Å². The maximum Gasteiger partial charge on any atom is 0.330 e. The number of hydrogen-bond donors (Lipinski definition) is 0. The van der Waals surface area contributed by atoms with Gasteiger partial charge >= 0.3 is 5.78 Å². The summed E-state index contributed by atoms with van der Waals surface area (Å²) in [5.74, 6) is 0.658. The SMILES string of the molecule is C#CC(=O)C1[C+]=CC(=O)C2=CC=CC=C(C2)C1Cl. The van der Waals surface area contributed by atoms with Gasteiger partial charge in [-0.2, -0.15) is 4.79 Å². The lowest BCUT2D eigenvalue weighted by molar-refractivity contribution is -0.116. The molecule has 2 unspecified atom stereocenters. The number of fused-ring (bicyclic) bond motifs is 2. The molecular formula is C15H10ClO2+. The summed E-state index contributed by atoms with van der Waals surface area (Å²) < 4.78 is 0.